The molecule has 6 aromatic rings. The summed E-state index contributed by atoms with van der Waals surface area (Å²) < 4.78 is 13.2. The van der Waals surface area contributed by atoms with Gasteiger partial charge >= 0.3 is 0 Å². The highest BCUT2D eigenvalue weighted by atomic mass is 16.6. The quantitative estimate of drug-likeness (QED) is 0.197. The minimum atomic E-state index is -0.0194. The second-order valence-corrected chi connectivity index (χ2v) is 14.6. The molecule has 3 heterocycles. The van der Waals surface area contributed by atoms with E-state index in [-0.39, 0.29) is 5.41 Å². The van der Waals surface area contributed by atoms with Gasteiger partial charge < -0.3 is 9.47 Å². The van der Waals surface area contributed by atoms with E-state index in [4.69, 9.17) is 14.5 Å². The molecule has 0 unspecified atom stereocenters. The van der Waals surface area contributed by atoms with Crippen LogP contribution < -0.4 is 9.47 Å². The molecule has 48 heavy (non-hydrogen) atoms. The van der Waals surface area contributed by atoms with Gasteiger partial charge in [-0.05, 0) is 132 Å². The van der Waals surface area contributed by atoms with Crippen LogP contribution in [-0.4, -0.2) is 9.97 Å². The van der Waals surface area contributed by atoms with Gasteiger partial charge in [-0.15, -0.1) is 0 Å². The summed E-state index contributed by atoms with van der Waals surface area (Å²) in [5.41, 5.74) is 12.0. The molecule has 5 aliphatic carbocycles. The van der Waals surface area contributed by atoms with Crippen LogP contribution in [0.15, 0.2) is 122 Å². The molecule has 0 radical (unpaired) electrons. The number of hydrogen-bond donors (Lipinski definition) is 0. The summed E-state index contributed by atoms with van der Waals surface area (Å²) in [5, 5.41) is 0. The fourth-order valence-corrected chi connectivity index (χ4v) is 10.6. The maximum absolute atomic E-state index is 6.77. The maximum Gasteiger partial charge on any atom is 0.178 e. The Bertz CT molecular complexity index is 2170. The summed E-state index contributed by atoms with van der Waals surface area (Å²) in [6, 6.07) is 39.0. The molecule has 232 valence electrons. The van der Waals surface area contributed by atoms with Crippen LogP contribution in [0.5, 0.6) is 23.0 Å². The third-order valence-electron chi connectivity index (χ3n) is 12.2. The monoisotopic (exact) mass is 622 g/mol. The van der Waals surface area contributed by atoms with E-state index >= 15 is 0 Å². The number of ether oxygens (including phenoxy) is 2. The molecule has 2 aromatic heterocycles. The number of pyridine rings is 2. The Kier molecular flexibility index (Phi) is 5.53. The van der Waals surface area contributed by atoms with Gasteiger partial charge in [0.1, 0.15) is 0 Å². The fraction of sp³-hybridized carbons (Fsp3) is 0.227. The normalized spacial score (nSPS) is 25.1. The predicted molar refractivity (Wildman–Crippen MR) is 188 cm³/mol. The van der Waals surface area contributed by atoms with Gasteiger partial charge in [-0.25, -0.2) is 4.98 Å². The van der Waals surface area contributed by atoms with Crippen molar-refractivity contribution < 1.29 is 9.47 Å². The molecule has 4 nitrogen and oxygen atoms in total. The van der Waals surface area contributed by atoms with E-state index in [1.807, 2.05) is 48.8 Å². The zero-order valence-corrected chi connectivity index (χ0v) is 26.6. The number of fused-ring (bicyclic) bond motifs is 6. The van der Waals surface area contributed by atoms with Crippen molar-refractivity contribution in [3.8, 4) is 67.8 Å². The highest BCUT2D eigenvalue weighted by molar-refractivity contribution is 5.90. The zero-order valence-electron chi connectivity index (χ0n) is 26.6. The molecule has 1 spiro atoms. The van der Waals surface area contributed by atoms with E-state index in [0.29, 0.717) is 11.8 Å². The molecule has 0 atom stereocenters. The number of aromatic nitrogens is 2. The molecule has 0 amide bonds. The average molecular weight is 623 g/mol. The third kappa shape index (κ3) is 3.72. The molecule has 4 aromatic carbocycles. The van der Waals surface area contributed by atoms with Gasteiger partial charge in [0.05, 0.1) is 11.4 Å². The zero-order chi connectivity index (χ0) is 31.4. The van der Waals surface area contributed by atoms with Crippen LogP contribution in [0, 0.1) is 23.7 Å². The minimum absolute atomic E-state index is 0.0194. The van der Waals surface area contributed by atoms with Crippen molar-refractivity contribution >= 4 is 0 Å². The van der Waals surface area contributed by atoms with E-state index in [1.54, 1.807) is 0 Å². The van der Waals surface area contributed by atoms with Gasteiger partial charge in [0, 0.05) is 34.5 Å². The second kappa shape index (κ2) is 9.90. The standard InChI is InChI=1S/C44H34N2O2/c1-2-6-28(7-3-1)31-24-37(29-14-16-45-17-15-29)46-38(25-31)30-10-11-34-36(23-30)44(32-19-26-18-27(21-32)22-33(44)20-26)35-12-13-41-43(42(34)35)48-40-9-5-4-8-39(40)47-41/h1-17,23-27,32-33H,18-22H2. The van der Waals surface area contributed by atoms with E-state index < -0.39 is 0 Å². The van der Waals surface area contributed by atoms with Gasteiger partial charge in [0.15, 0.2) is 23.0 Å². The first-order valence-electron chi connectivity index (χ1n) is 17.5. The minimum Gasteiger partial charge on any atom is -0.449 e. The molecule has 0 saturated heterocycles. The van der Waals surface area contributed by atoms with E-state index in [2.05, 4.69) is 77.8 Å². The smallest absolute Gasteiger partial charge is 0.178 e. The lowest BCUT2D eigenvalue weighted by Gasteiger charge is -2.61. The van der Waals surface area contributed by atoms with Crippen molar-refractivity contribution in [1.29, 1.82) is 0 Å². The van der Waals surface area contributed by atoms with Crippen molar-refractivity contribution in [2.24, 2.45) is 23.7 Å². The lowest BCUT2D eigenvalue weighted by molar-refractivity contribution is -0.0399. The Hall–Kier alpha value is -5.22. The molecule has 0 N–H and O–H groups in total. The first-order valence-corrected chi connectivity index (χ1v) is 17.5. The summed E-state index contributed by atoms with van der Waals surface area (Å²) in [4.78, 5) is 9.59. The maximum atomic E-state index is 6.77. The van der Waals surface area contributed by atoms with Crippen LogP contribution in [0.1, 0.15) is 43.2 Å². The summed E-state index contributed by atoms with van der Waals surface area (Å²) in [6.07, 6.45) is 10.4. The number of hydrogen-bond acceptors (Lipinski definition) is 4. The van der Waals surface area contributed by atoms with E-state index in [0.717, 1.165) is 51.8 Å². The Labute approximate surface area is 280 Å². The van der Waals surface area contributed by atoms with Gasteiger partial charge in [0.25, 0.3) is 0 Å². The van der Waals surface area contributed by atoms with Crippen molar-refractivity contribution in [2.75, 3.05) is 0 Å². The molecular weight excluding hydrogens is 588 g/mol. The molecular formula is C44H34N2O2. The lowest BCUT2D eigenvalue weighted by Crippen LogP contribution is -2.55. The van der Waals surface area contributed by atoms with Crippen LogP contribution in [-0.2, 0) is 5.41 Å². The van der Waals surface area contributed by atoms with E-state index in [9.17, 15) is 0 Å². The van der Waals surface area contributed by atoms with Crippen molar-refractivity contribution in [3.63, 3.8) is 0 Å². The molecule has 12 rings (SSSR count). The number of nitrogens with zero attached hydrogens (tertiary/aromatic N) is 2. The first-order chi connectivity index (χ1) is 23.7. The molecule has 4 heteroatoms. The van der Waals surface area contributed by atoms with Crippen molar-refractivity contribution in [3.05, 3.63) is 133 Å². The van der Waals surface area contributed by atoms with Crippen LogP contribution in [0.25, 0.3) is 44.8 Å². The van der Waals surface area contributed by atoms with Gasteiger partial charge in [-0.1, -0.05) is 60.7 Å². The van der Waals surface area contributed by atoms with Crippen LogP contribution in [0.2, 0.25) is 0 Å². The van der Waals surface area contributed by atoms with Crippen LogP contribution in [0.3, 0.4) is 0 Å². The number of benzene rings is 4. The molecule has 6 aliphatic rings. The first kappa shape index (κ1) is 26.8. The van der Waals surface area contributed by atoms with Crippen LogP contribution >= 0.6 is 0 Å². The Morgan fingerprint density at radius 1 is 0.521 bits per heavy atom. The largest absolute Gasteiger partial charge is 0.449 e. The predicted octanol–water partition coefficient (Wildman–Crippen LogP) is 11.1. The third-order valence-corrected chi connectivity index (χ3v) is 12.2. The van der Waals surface area contributed by atoms with Gasteiger partial charge in [-0.3, -0.25) is 4.98 Å². The topological polar surface area (TPSA) is 44.2 Å². The Balaban J connectivity index is 1.13. The van der Waals surface area contributed by atoms with Crippen LogP contribution in [0.4, 0.5) is 0 Å². The summed E-state index contributed by atoms with van der Waals surface area (Å²) in [7, 11) is 0. The van der Waals surface area contributed by atoms with Crippen molar-refractivity contribution in [1.82, 2.24) is 9.97 Å². The van der Waals surface area contributed by atoms with Gasteiger partial charge in [-0.2, -0.15) is 0 Å². The van der Waals surface area contributed by atoms with E-state index in [1.165, 1.54) is 71.0 Å². The second-order valence-electron chi connectivity index (χ2n) is 14.6. The summed E-state index contributed by atoms with van der Waals surface area (Å²) in [6.45, 7) is 0. The van der Waals surface area contributed by atoms with Crippen molar-refractivity contribution in [2.45, 2.75) is 37.5 Å². The molecule has 1 aliphatic heterocycles. The highest BCUT2D eigenvalue weighted by Gasteiger charge is 2.62. The number of para-hydroxylation sites is 2. The number of rotatable bonds is 3. The lowest BCUT2D eigenvalue weighted by atomic mass is 9.43. The average Bonchev–Trinajstić information content (AvgIpc) is 3.43. The molecule has 4 bridgehead atoms. The fourth-order valence-electron chi connectivity index (χ4n) is 10.6. The summed E-state index contributed by atoms with van der Waals surface area (Å²) in [5.74, 6) is 6.24. The molecule has 4 fully saturated rings. The van der Waals surface area contributed by atoms with Gasteiger partial charge in [0.2, 0.25) is 0 Å². The SMILES string of the molecule is c1ccc(-c2cc(-c3ccncc3)nc(-c3ccc4c(c3)C3(c5ccc6c(c5-4)Oc4ccccc4O6)C4CC5CC(C4)CC3C5)c2)cc1. The molecule has 4 saturated carbocycles. The Morgan fingerprint density at radius 2 is 1.21 bits per heavy atom. The highest BCUT2D eigenvalue weighted by Crippen LogP contribution is 2.71. The Morgan fingerprint density at radius 3 is 1.96 bits per heavy atom. The summed E-state index contributed by atoms with van der Waals surface area (Å²) >= 11 is 0.